The van der Waals surface area contributed by atoms with Crippen LogP contribution < -0.4 is 0 Å². The average molecular weight is 289 g/mol. The fraction of sp³-hybridized carbons (Fsp3) is 0.438. The van der Waals surface area contributed by atoms with E-state index in [0.717, 1.165) is 23.8 Å². The highest BCUT2D eigenvalue weighted by Gasteiger charge is 2.55. The number of aliphatic hydroxyl groups is 1. The summed E-state index contributed by atoms with van der Waals surface area (Å²) < 4.78 is 18.4. The Hall–Kier alpha value is -1.88. The van der Waals surface area contributed by atoms with Crippen molar-refractivity contribution in [3.05, 3.63) is 35.8 Å². The minimum atomic E-state index is -0.392. The van der Waals surface area contributed by atoms with E-state index in [0.29, 0.717) is 18.7 Å². The molecule has 5 heteroatoms. The summed E-state index contributed by atoms with van der Waals surface area (Å²) in [7, 11) is 0. The van der Waals surface area contributed by atoms with Gasteiger partial charge in [0.25, 0.3) is 0 Å². The lowest BCUT2D eigenvalue weighted by molar-refractivity contribution is -0.129. The van der Waals surface area contributed by atoms with Gasteiger partial charge in [-0.3, -0.25) is 4.79 Å². The summed E-state index contributed by atoms with van der Waals surface area (Å²) >= 11 is 0. The monoisotopic (exact) mass is 289 g/mol. The van der Waals surface area contributed by atoms with Crippen LogP contribution >= 0.6 is 0 Å². The van der Waals surface area contributed by atoms with Crippen molar-refractivity contribution in [1.82, 2.24) is 4.90 Å². The van der Waals surface area contributed by atoms with Gasteiger partial charge in [-0.1, -0.05) is 0 Å². The average Bonchev–Trinajstić information content (AvgIpc) is 3.02. The second-order valence-electron chi connectivity index (χ2n) is 6.23. The van der Waals surface area contributed by atoms with E-state index in [2.05, 4.69) is 0 Å². The number of rotatable bonds is 2. The Labute approximate surface area is 121 Å². The van der Waals surface area contributed by atoms with E-state index in [9.17, 15) is 14.3 Å². The standard InChI is InChI=1S/C16H16FNO3/c17-11-1-2-12-10(8-21-13(12)6-11)5-15(20)18-7-14(19)16(9-18)3-4-16/h1-2,6,8,14,19H,3-5,7,9H2. The maximum atomic E-state index is 13.1. The second-order valence-corrected chi connectivity index (χ2v) is 6.23. The summed E-state index contributed by atoms with van der Waals surface area (Å²) in [4.78, 5) is 14.1. The molecule has 1 aromatic carbocycles. The van der Waals surface area contributed by atoms with Gasteiger partial charge in [-0.2, -0.15) is 0 Å². The Bertz CT molecular complexity index is 719. The van der Waals surface area contributed by atoms with Crippen LogP contribution in [0.15, 0.2) is 28.9 Å². The molecule has 0 bridgehead atoms. The molecule has 1 aliphatic carbocycles. The molecule has 2 aliphatic rings. The Balaban J connectivity index is 1.53. The number of fused-ring (bicyclic) bond motifs is 1. The maximum absolute atomic E-state index is 13.1. The van der Waals surface area contributed by atoms with Gasteiger partial charge < -0.3 is 14.4 Å². The number of hydrogen-bond donors (Lipinski definition) is 1. The molecule has 2 heterocycles. The molecule has 110 valence electrons. The predicted octanol–water partition coefficient (Wildman–Crippen LogP) is 2.10. The molecule has 1 spiro atoms. The van der Waals surface area contributed by atoms with Crippen molar-refractivity contribution in [2.24, 2.45) is 5.41 Å². The minimum Gasteiger partial charge on any atom is -0.464 e. The Morgan fingerprint density at radius 1 is 1.48 bits per heavy atom. The van der Waals surface area contributed by atoms with Gasteiger partial charge in [-0.25, -0.2) is 4.39 Å². The van der Waals surface area contributed by atoms with Crippen LogP contribution in [0, 0.1) is 11.2 Å². The Morgan fingerprint density at radius 3 is 3.00 bits per heavy atom. The van der Waals surface area contributed by atoms with E-state index >= 15 is 0 Å². The summed E-state index contributed by atoms with van der Waals surface area (Å²) in [5, 5.41) is 10.8. The van der Waals surface area contributed by atoms with E-state index < -0.39 is 6.10 Å². The third-order valence-electron chi connectivity index (χ3n) is 4.81. The number of aliphatic hydroxyl groups excluding tert-OH is 1. The molecular weight excluding hydrogens is 273 g/mol. The summed E-state index contributed by atoms with van der Waals surface area (Å²) in [5.74, 6) is -0.363. The van der Waals surface area contributed by atoms with E-state index in [-0.39, 0.29) is 23.6 Å². The summed E-state index contributed by atoms with van der Waals surface area (Å²) in [5.41, 5.74) is 1.19. The molecule has 4 rings (SSSR count). The van der Waals surface area contributed by atoms with Crippen LogP contribution in [-0.4, -0.2) is 35.1 Å². The minimum absolute atomic E-state index is 0.00940. The summed E-state index contributed by atoms with van der Waals surface area (Å²) in [6.07, 6.45) is 3.36. The van der Waals surface area contributed by atoms with Crippen LogP contribution in [-0.2, 0) is 11.2 Å². The molecule has 2 aromatic rings. The highest BCUT2D eigenvalue weighted by atomic mass is 19.1. The highest BCUT2D eigenvalue weighted by Crippen LogP contribution is 2.52. The molecule has 2 fully saturated rings. The van der Waals surface area contributed by atoms with Crippen LogP contribution in [0.1, 0.15) is 18.4 Å². The van der Waals surface area contributed by atoms with Crippen molar-refractivity contribution < 1.29 is 18.7 Å². The second kappa shape index (κ2) is 4.31. The molecule has 4 nitrogen and oxygen atoms in total. The third-order valence-corrected chi connectivity index (χ3v) is 4.81. The summed E-state index contributed by atoms with van der Waals surface area (Å²) in [6.45, 7) is 1.07. The van der Waals surface area contributed by atoms with Crippen LogP contribution in [0.5, 0.6) is 0 Å². The normalized spacial score (nSPS) is 23.1. The zero-order valence-electron chi connectivity index (χ0n) is 11.5. The Kier molecular flexibility index (Phi) is 2.63. The van der Waals surface area contributed by atoms with Crippen molar-refractivity contribution >= 4 is 16.9 Å². The zero-order chi connectivity index (χ0) is 14.6. The molecule has 1 saturated heterocycles. The largest absolute Gasteiger partial charge is 0.464 e. The molecule has 1 saturated carbocycles. The molecule has 1 atom stereocenters. The fourth-order valence-electron chi connectivity index (χ4n) is 3.26. The van der Waals surface area contributed by atoms with Gasteiger partial charge >= 0.3 is 0 Å². The number of halogens is 1. The molecular formula is C16H16FNO3. The molecule has 1 unspecified atom stereocenters. The summed E-state index contributed by atoms with van der Waals surface area (Å²) in [6, 6.07) is 4.32. The fourth-order valence-corrected chi connectivity index (χ4v) is 3.26. The number of nitrogens with zero attached hydrogens (tertiary/aromatic N) is 1. The lowest BCUT2D eigenvalue weighted by atomic mass is 10.0. The predicted molar refractivity (Wildman–Crippen MR) is 74.1 cm³/mol. The van der Waals surface area contributed by atoms with Crippen molar-refractivity contribution in [2.45, 2.75) is 25.4 Å². The molecule has 1 aromatic heterocycles. The molecule has 0 radical (unpaired) electrons. The van der Waals surface area contributed by atoms with E-state index in [1.54, 1.807) is 11.0 Å². The van der Waals surface area contributed by atoms with Crippen LogP contribution in [0.3, 0.4) is 0 Å². The van der Waals surface area contributed by atoms with Gasteiger partial charge in [0, 0.05) is 35.5 Å². The number of likely N-dealkylation sites (tertiary alicyclic amines) is 1. The molecule has 21 heavy (non-hydrogen) atoms. The van der Waals surface area contributed by atoms with Gasteiger partial charge in [0.15, 0.2) is 0 Å². The first-order chi connectivity index (χ1) is 10.1. The SMILES string of the molecule is O=C(Cc1coc2cc(F)ccc12)N1CC(O)C2(CC2)C1. The smallest absolute Gasteiger partial charge is 0.227 e. The Morgan fingerprint density at radius 2 is 2.29 bits per heavy atom. The number of benzene rings is 1. The first kappa shape index (κ1) is 12.8. The van der Waals surface area contributed by atoms with E-state index in [4.69, 9.17) is 4.42 Å². The zero-order valence-corrected chi connectivity index (χ0v) is 11.5. The number of β-amino-alcohol motifs (C(OH)–C–C–N with tert-alkyl or cyclic N) is 1. The lowest BCUT2D eigenvalue weighted by Crippen LogP contribution is -2.30. The topological polar surface area (TPSA) is 53.7 Å². The lowest BCUT2D eigenvalue weighted by Gasteiger charge is -2.15. The van der Waals surface area contributed by atoms with Crippen LogP contribution in [0.4, 0.5) is 4.39 Å². The maximum Gasteiger partial charge on any atom is 0.227 e. The number of carbonyl (C=O) groups is 1. The molecule has 1 N–H and O–H groups in total. The van der Waals surface area contributed by atoms with Gasteiger partial charge in [-0.15, -0.1) is 0 Å². The van der Waals surface area contributed by atoms with Crippen molar-refractivity contribution in [3.63, 3.8) is 0 Å². The van der Waals surface area contributed by atoms with Crippen molar-refractivity contribution in [2.75, 3.05) is 13.1 Å². The molecule has 1 amide bonds. The van der Waals surface area contributed by atoms with E-state index in [1.165, 1.54) is 18.4 Å². The van der Waals surface area contributed by atoms with E-state index in [1.807, 2.05) is 0 Å². The van der Waals surface area contributed by atoms with Crippen LogP contribution in [0.2, 0.25) is 0 Å². The van der Waals surface area contributed by atoms with Gasteiger partial charge in [0.1, 0.15) is 11.4 Å². The van der Waals surface area contributed by atoms with Gasteiger partial charge in [0.2, 0.25) is 5.91 Å². The van der Waals surface area contributed by atoms with Gasteiger partial charge in [-0.05, 0) is 25.0 Å². The number of amides is 1. The highest BCUT2D eigenvalue weighted by molar-refractivity contribution is 5.87. The third kappa shape index (κ3) is 2.03. The van der Waals surface area contributed by atoms with Crippen LogP contribution in [0.25, 0.3) is 11.0 Å². The first-order valence-corrected chi connectivity index (χ1v) is 7.19. The number of furan rings is 1. The first-order valence-electron chi connectivity index (χ1n) is 7.19. The van der Waals surface area contributed by atoms with Gasteiger partial charge in [0.05, 0.1) is 18.8 Å². The number of carbonyl (C=O) groups excluding carboxylic acids is 1. The quantitative estimate of drug-likeness (QED) is 0.921. The van der Waals surface area contributed by atoms with Crippen molar-refractivity contribution in [3.8, 4) is 0 Å². The molecule has 1 aliphatic heterocycles. The van der Waals surface area contributed by atoms with Crippen molar-refractivity contribution in [1.29, 1.82) is 0 Å². The number of hydrogen-bond acceptors (Lipinski definition) is 3.